The minimum atomic E-state index is -3.93. The summed E-state index contributed by atoms with van der Waals surface area (Å²) in [6.45, 7) is 0.119. The van der Waals surface area contributed by atoms with Crippen molar-refractivity contribution in [1.82, 2.24) is 0 Å². The molecule has 0 aliphatic rings. The number of hydrogen-bond donors (Lipinski definition) is 1. The average Bonchev–Trinajstić information content (AvgIpc) is 2.74. The van der Waals surface area contributed by atoms with Crippen molar-refractivity contribution in [1.29, 1.82) is 0 Å². The Bertz CT molecular complexity index is 916. The van der Waals surface area contributed by atoms with Gasteiger partial charge >= 0.3 is 13.8 Å². The number of aliphatic carboxylic acids is 1. The van der Waals surface area contributed by atoms with Gasteiger partial charge in [-0.3, -0.25) is 13.8 Å². The summed E-state index contributed by atoms with van der Waals surface area (Å²) in [6.07, 6.45) is -0.104. The first-order valence-electron chi connectivity index (χ1n) is 9.00. The molecule has 3 aromatic carbocycles. The van der Waals surface area contributed by atoms with E-state index in [1.807, 2.05) is 60.7 Å². The molecule has 3 aromatic rings. The number of carboxylic acid groups (broad SMARTS) is 1. The molecular formula is C22H21AgO6P. The fourth-order valence-corrected chi connectivity index (χ4v) is 3.69. The van der Waals surface area contributed by atoms with Gasteiger partial charge in [-0.1, -0.05) is 72.8 Å². The molecule has 161 valence electrons. The van der Waals surface area contributed by atoms with Gasteiger partial charge in [0, 0.05) is 22.4 Å². The van der Waals surface area contributed by atoms with Gasteiger partial charge in [0.1, 0.15) is 5.75 Å². The predicted octanol–water partition coefficient (Wildman–Crippen LogP) is 5.23. The summed E-state index contributed by atoms with van der Waals surface area (Å²) in [6, 6.07) is 24.9. The minimum Gasteiger partial charge on any atom is -0.481 e. The Morgan fingerprint density at radius 1 is 0.733 bits per heavy atom. The van der Waals surface area contributed by atoms with Gasteiger partial charge in [-0.25, -0.2) is 4.57 Å². The summed E-state index contributed by atoms with van der Waals surface area (Å²) < 4.78 is 29.9. The van der Waals surface area contributed by atoms with Crippen LogP contribution in [0.2, 0.25) is 0 Å². The van der Waals surface area contributed by atoms with Gasteiger partial charge < -0.3 is 9.63 Å². The predicted molar refractivity (Wildman–Crippen MR) is 108 cm³/mol. The second-order valence-corrected chi connectivity index (χ2v) is 7.86. The van der Waals surface area contributed by atoms with Crippen molar-refractivity contribution in [3.8, 4) is 5.75 Å². The van der Waals surface area contributed by atoms with Gasteiger partial charge in [0.2, 0.25) is 0 Å². The van der Waals surface area contributed by atoms with E-state index >= 15 is 0 Å². The quantitative estimate of drug-likeness (QED) is 0.291. The van der Waals surface area contributed by atoms with E-state index in [2.05, 4.69) is 0 Å². The van der Waals surface area contributed by atoms with Crippen LogP contribution in [-0.2, 0) is 60.4 Å². The van der Waals surface area contributed by atoms with E-state index in [0.29, 0.717) is 5.56 Å². The topological polar surface area (TPSA) is 82.1 Å². The van der Waals surface area contributed by atoms with Crippen LogP contribution in [-0.4, -0.2) is 11.1 Å². The van der Waals surface area contributed by atoms with Crippen molar-refractivity contribution < 1.29 is 50.4 Å². The maximum absolute atomic E-state index is 13.2. The van der Waals surface area contributed by atoms with Gasteiger partial charge in [-0.2, -0.15) is 0 Å². The van der Waals surface area contributed by atoms with E-state index in [-0.39, 0.29) is 47.8 Å². The number of hydrogen-bond acceptors (Lipinski definition) is 5. The Labute approximate surface area is 190 Å². The molecule has 0 amide bonds. The van der Waals surface area contributed by atoms with Crippen molar-refractivity contribution in [3.05, 3.63) is 102 Å². The summed E-state index contributed by atoms with van der Waals surface area (Å²) >= 11 is 0. The molecule has 0 fully saturated rings. The Morgan fingerprint density at radius 2 is 1.20 bits per heavy atom. The van der Waals surface area contributed by atoms with Crippen molar-refractivity contribution in [2.45, 2.75) is 19.6 Å². The first-order chi connectivity index (χ1) is 14.0. The number of carbonyl (C=O) groups is 1. The first-order valence-corrected chi connectivity index (χ1v) is 10.5. The normalized spacial score (nSPS) is 10.8. The van der Waals surface area contributed by atoms with Crippen molar-refractivity contribution in [2.75, 3.05) is 0 Å². The van der Waals surface area contributed by atoms with Gasteiger partial charge in [0.15, 0.2) is 0 Å². The van der Waals surface area contributed by atoms with E-state index in [9.17, 15) is 9.36 Å². The smallest absolute Gasteiger partial charge is 0.481 e. The minimum absolute atomic E-state index is 0. The summed E-state index contributed by atoms with van der Waals surface area (Å²) in [4.78, 5) is 10.8. The molecule has 0 saturated carbocycles. The third-order valence-corrected chi connectivity index (χ3v) is 5.29. The molecule has 0 aromatic heterocycles. The van der Waals surface area contributed by atoms with Gasteiger partial charge in [-0.05, 0) is 28.8 Å². The van der Waals surface area contributed by atoms with E-state index in [4.69, 9.17) is 18.7 Å². The molecule has 1 N–H and O–H groups in total. The molecule has 8 heteroatoms. The Morgan fingerprint density at radius 3 is 1.63 bits per heavy atom. The molecule has 0 aliphatic heterocycles. The second kappa shape index (κ2) is 11.9. The van der Waals surface area contributed by atoms with Crippen LogP contribution in [0.1, 0.15) is 16.7 Å². The molecule has 0 bridgehead atoms. The van der Waals surface area contributed by atoms with E-state index in [1.165, 1.54) is 0 Å². The van der Waals surface area contributed by atoms with Crippen molar-refractivity contribution in [3.63, 3.8) is 0 Å². The number of benzene rings is 3. The number of rotatable bonds is 10. The van der Waals surface area contributed by atoms with Crippen LogP contribution < -0.4 is 4.52 Å². The van der Waals surface area contributed by atoms with Crippen LogP contribution in [0.25, 0.3) is 0 Å². The maximum Gasteiger partial charge on any atom is 0.530 e. The first kappa shape index (κ1) is 24.1. The number of phosphoric ester groups is 1. The third-order valence-electron chi connectivity index (χ3n) is 3.96. The molecule has 0 aliphatic carbocycles. The molecule has 0 atom stereocenters. The van der Waals surface area contributed by atoms with Crippen LogP contribution in [0.4, 0.5) is 0 Å². The van der Waals surface area contributed by atoms with Gasteiger partial charge in [-0.15, -0.1) is 0 Å². The molecule has 0 saturated heterocycles. The zero-order valence-electron chi connectivity index (χ0n) is 15.9. The van der Waals surface area contributed by atoms with E-state index in [0.717, 1.165) is 11.1 Å². The monoisotopic (exact) mass is 519 g/mol. The van der Waals surface area contributed by atoms with Gasteiger partial charge in [0.05, 0.1) is 19.6 Å². The van der Waals surface area contributed by atoms with Crippen LogP contribution in [0.15, 0.2) is 84.9 Å². The molecule has 6 nitrogen and oxygen atoms in total. The second-order valence-electron chi connectivity index (χ2n) is 6.27. The Kier molecular flexibility index (Phi) is 9.53. The van der Waals surface area contributed by atoms with Crippen molar-refractivity contribution >= 4 is 13.8 Å². The Balaban J connectivity index is 0.00000320. The largest absolute Gasteiger partial charge is 0.530 e. The van der Waals surface area contributed by atoms with Gasteiger partial charge in [0.25, 0.3) is 0 Å². The van der Waals surface area contributed by atoms with E-state index < -0.39 is 13.8 Å². The molecule has 3 rings (SSSR count). The number of carboxylic acids is 1. The molecule has 0 unspecified atom stereocenters. The summed E-state index contributed by atoms with van der Waals surface area (Å²) in [5.74, 6) is -0.662. The van der Waals surface area contributed by atoms with Crippen molar-refractivity contribution in [2.24, 2.45) is 0 Å². The van der Waals surface area contributed by atoms with Crippen LogP contribution in [0.5, 0.6) is 5.75 Å². The van der Waals surface area contributed by atoms with Crippen LogP contribution in [0, 0.1) is 0 Å². The molecule has 0 heterocycles. The fourth-order valence-electron chi connectivity index (χ4n) is 2.52. The molecule has 0 spiro atoms. The average molecular weight is 520 g/mol. The molecular weight excluding hydrogens is 499 g/mol. The SMILES string of the molecule is O=C(O)Cc1ccc(OP(=O)(OCc2ccccc2)OCc2ccccc2)cc1.[Ag]. The third kappa shape index (κ3) is 7.92. The zero-order chi connectivity index (χ0) is 20.5. The Hall–Kier alpha value is -2.18. The summed E-state index contributed by atoms with van der Waals surface area (Å²) in [7, 11) is -3.93. The molecule has 30 heavy (non-hydrogen) atoms. The number of phosphoric acid groups is 1. The fraction of sp³-hybridized carbons (Fsp3) is 0.136. The maximum atomic E-state index is 13.2. The summed E-state index contributed by atoms with van der Waals surface area (Å²) in [5.41, 5.74) is 2.27. The summed E-state index contributed by atoms with van der Waals surface area (Å²) in [5, 5.41) is 8.86. The standard InChI is InChI=1S/C22H21O6P.Ag/c23-22(24)15-18-11-13-21(14-12-18)28-29(25,26-16-19-7-3-1-4-8-19)27-17-20-9-5-2-6-10-20;/h1-14H,15-17H2,(H,23,24);. The van der Waals surface area contributed by atoms with Crippen LogP contribution >= 0.6 is 7.82 Å². The van der Waals surface area contributed by atoms with E-state index in [1.54, 1.807) is 24.3 Å². The molecule has 1 radical (unpaired) electrons. The van der Waals surface area contributed by atoms with Crippen LogP contribution in [0.3, 0.4) is 0 Å². The zero-order valence-corrected chi connectivity index (χ0v) is 18.3.